The van der Waals surface area contributed by atoms with Gasteiger partial charge in [0, 0.05) is 36.2 Å². The van der Waals surface area contributed by atoms with Crippen LogP contribution in [0, 0.1) is 10.1 Å². The lowest BCUT2D eigenvalue weighted by molar-refractivity contribution is -0.384. The summed E-state index contributed by atoms with van der Waals surface area (Å²) < 4.78 is 10.5. The molecule has 0 saturated heterocycles. The Morgan fingerprint density at radius 2 is 1.97 bits per heavy atom. The Hall–Kier alpha value is -3.76. The maximum atomic E-state index is 13.8. The summed E-state index contributed by atoms with van der Waals surface area (Å²) in [6.45, 7) is 0.610. The molecule has 2 atom stereocenters. The molecule has 1 N–H and O–H groups in total. The van der Waals surface area contributed by atoms with Crippen LogP contribution in [-0.2, 0) is 9.53 Å². The largest absolute Gasteiger partial charge is 0.495 e. The number of rotatable bonds is 8. The number of fused-ring (bicyclic) bond motifs is 1. The smallest absolute Gasteiger partial charge is 0.271 e. The van der Waals surface area contributed by atoms with Crippen LogP contribution in [0.4, 0.5) is 11.4 Å². The molecular formula is C24H23N3O6S. The Morgan fingerprint density at radius 1 is 1.18 bits per heavy atom. The van der Waals surface area contributed by atoms with Crippen molar-refractivity contribution in [3.63, 3.8) is 0 Å². The minimum Gasteiger partial charge on any atom is -0.495 e. The van der Waals surface area contributed by atoms with Gasteiger partial charge in [0.2, 0.25) is 5.91 Å². The lowest BCUT2D eigenvalue weighted by Gasteiger charge is -2.41. The van der Waals surface area contributed by atoms with Crippen molar-refractivity contribution < 1.29 is 24.0 Å². The van der Waals surface area contributed by atoms with Gasteiger partial charge in [-0.1, -0.05) is 24.3 Å². The summed E-state index contributed by atoms with van der Waals surface area (Å²) in [7, 11) is 2.98. The molecule has 34 heavy (non-hydrogen) atoms. The van der Waals surface area contributed by atoms with Crippen molar-refractivity contribution in [2.75, 3.05) is 32.7 Å². The number of anilines is 1. The number of carbonyl (C=O) groups excluding carboxylic acids is 2. The molecule has 1 aliphatic heterocycles. The van der Waals surface area contributed by atoms with E-state index in [-0.39, 0.29) is 17.3 Å². The van der Waals surface area contributed by atoms with Gasteiger partial charge >= 0.3 is 0 Å². The average Bonchev–Trinajstić information content (AvgIpc) is 3.37. The highest BCUT2D eigenvalue weighted by Crippen LogP contribution is 2.45. The third kappa shape index (κ3) is 4.37. The number of nitrogens with zero attached hydrogens (tertiary/aromatic N) is 2. The summed E-state index contributed by atoms with van der Waals surface area (Å²) in [6.07, 6.45) is 0. The van der Waals surface area contributed by atoms with Crippen LogP contribution in [0.2, 0.25) is 0 Å². The van der Waals surface area contributed by atoms with E-state index >= 15 is 0 Å². The third-order valence-electron chi connectivity index (χ3n) is 5.74. The van der Waals surface area contributed by atoms with Crippen LogP contribution in [0.15, 0.2) is 60.0 Å². The molecule has 2 amide bonds. The molecule has 0 radical (unpaired) electrons. The number of nitro benzene ring substituents is 1. The van der Waals surface area contributed by atoms with Crippen LogP contribution in [0.25, 0.3) is 0 Å². The number of hydrogen-bond donors (Lipinski definition) is 1. The second kappa shape index (κ2) is 10.0. The van der Waals surface area contributed by atoms with E-state index in [0.717, 1.165) is 4.88 Å². The summed E-state index contributed by atoms with van der Waals surface area (Å²) in [5.41, 5.74) is 1.05. The van der Waals surface area contributed by atoms with Gasteiger partial charge in [0.05, 0.1) is 36.3 Å². The van der Waals surface area contributed by atoms with E-state index < -0.39 is 22.8 Å². The predicted octanol–water partition coefficient (Wildman–Crippen LogP) is 4.23. The first kappa shape index (κ1) is 23.4. The first-order chi connectivity index (χ1) is 16.5. The molecule has 2 heterocycles. The lowest BCUT2D eigenvalue weighted by atomic mass is 9.81. The van der Waals surface area contributed by atoms with Gasteiger partial charge in [-0.25, -0.2) is 0 Å². The summed E-state index contributed by atoms with van der Waals surface area (Å²) in [6, 6.07) is 14.2. The summed E-state index contributed by atoms with van der Waals surface area (Å²) in [4.78, 5) is 40.5. The molecule has 2 aromatic carbocycles. The molecule has 1 aliphatic rings. The predicted molar refractivity (Wildman–Crippen MR) is 127 cm³/mol. The van der Waals surface area contributed by atoms with Gasteiger partial charge in [0.15, 0.2) is 0 Å². The molecule has 4 rings (SSSR count). The number of benzene rings is 2. The molecule has 0 spiro atoms. The van der Waals surface area contributed by atoms with E-state index in [4.69, 9.17) is 9.47 Å². The van der Waals surface area contributed by atoms with Gasteiger partial charge in [0.25, 0.3) is 11.6 Å². The average molecular weight is 482 g/mol. The quantitative estimate of drug-likeness (QED) is 0.381. The number of ether oxygens (including phenoxy) is 2. The lowest BCUT2D eigenvalue weighted by Crippen LogP contribution is -2.47. The summed E-state index contributed by atoms with van der Waals surface area (Å²) in [5, 5.41) is 16.0. The van der Waals surface area contributed by atoms with E-state index in [2.05, 4.69) is 5.32 Å². The van der Waals surface area contributed by atoms with Crippen molar-refractivity contribution >= 4 is 34.5 Å². The molecule has 0 fully saturated rings. The Kier molecular flexibility index (Phi) is 6.90. The van der Waals surface area contributed by atoms with Crippen molar-refractivity contribution in [1.29, 1.82) is 0 Å². The third-order valence-corrected chi connectivity index (χ3v) is 6.69. The van der Waals surface area contributed by atoms with E-state index in [1.165, 1.54) is 36.6 Å². The SMILES string of the molecule is COCCN1C(=O)c2ccccc2C(C(=O)Nc2cc([N+](=O)[O-])ccc2OC)C1c1cccs1. The van der Waals surface area contributed by atoms with Gasteiger partial charge in [-0.15, -0.1) is 11.3 Å². The minimum absolute atomic E-state index is 0.174. The molecule has 9 nitrogen and oxygen atoms in total. The molecule has 1 aromatic heterocycles. The molecule has 0 bridgehead atoms. The molecule has 2 unspecified atom stereocenters. The van der Waals surface area contributed by atoms with Crippen LogP contribution in [-0.4, -0.2) is 49.0 Å². The minimum atomic E-state index is -0.756. The number of nitrogens with one attached hydrogen (secondary N) is 1. The zero-order valence-electron chi connectivity index (χ0n) is 18.6. The first-order valence-corrected chi connectivity index (χ1v) is 11.4. The summed E-state index contributed by atoms with van der Waals surface area (Å²) in [5.74, 6) is -1.04. The Labute approximate surface area is 200 Å². The highest BCUT2D eigenvalue weighted by atomic mass is 32.1. The molecule has 0 aliphatic carbocycles. The maximum absolute atomic E-state index is 13.8. The zero-order chi connectivity index (χ0) is 24.2. The van der Waals surface area contributed by atoms with Crippen molar-refractivity contribution in [3.05, 3.63) is 86.1 Å². The van der Waals surface area contributed by atoms with Gasteiger partial charge in [-0.3, -0.25) is 19.7 Å². The Balaban J connectivity index is 1.81. The number of non-ortho nitro benzene ring substituents is 1. The number of thiophene rings is 1. The van der Waals surface area contributed by atoms with E-state index in [9.17, 15) is 19.7 Å². The van der Waals surface area contributed by atoms with Crippen LogP contribution < -0.4 is 10.1 Å². The molecule has 10 heteroatoms. The standard InChI is InChI=1S/C24H23N3O6S/c1-32-12-11-26-22(20-8-5-13-34-20)21(16-6-3-4-7-17(16)24(26)29)23(28)25-18-14-15(27(30)31)9-10-19(18)33-2/h3-10,13-14,21-22H,11-12H2,1-2H3,(H,25,28). The van der Waals surface area contributed by atoms with Gasteiger partial charge in [-0.2, -0.15) is 0 Å². The highest BCUT2D eigenvalue weighted by Gasteiger charge is 2.44. The normalized spacial score (nSPS) is 17.2. The van der Waals surface area contributed by atoms with Crippen LogP contribution in [0.5, 0.6) is 5.75 Å². The van der Waals surface area contributed by atoms with Gasteiger partial charge in [0.1, 0.15) is 5.75 Å². The first-order valence-electron chi connectivity index (χ1n) is 10.5. The molecule has 176 valence electrons. The fourth-order valence-electron chi connectivity index (χ4n) is 4.20. The van der Waals surface area contributed by atoms with Crippen molar-refractivity contribution in [1.82, 2.24) is 4.90 Å². The second-order valence-electron chi connectivity index (χ2n) is 7.65. The summed E-state index contributed by atoms with van der Waals surface area (Å²) >= 11 is 1.46. The Morgan fingerprint density at radius 3 is 2.65 bits per heavy atom. The fourth-order valence-corrected chi connectivity index (χ4v) is 5.08. The van der Waals surface area contributed by atoms with E-state index in [0.29, 0.717) is 30.0 Å². The Bertz CT molecular complexity index is 1210. The van der Waals surface area contributed by atoms with E-state index in [1.54, 1.807) is 36.3 Å². The topological polar surface area (TPSA) is 111 Å². The number of carbonyl (C=O) groups is 2. The van der Waals surface area contributed by atoms with Crippen molar-refractivity contribution in [2.45, 2.75) is 12.0 Å². The van der Waals surface area contributed by atoms with E-state index in [1.807, 2.05) is 17.5 Å². The number of nitro groups is 1. The molecule has 3 aromatic rings. The van der Waals surface area contributed by atoms with Crippen LogP contribution in [0.3, 0.4) is 0 Å². The van der Waals surface area contributed by atoms with Crippen molar-refractivity contribution in [3.8, 4) is 5.75 Å². The highest BCUT2D eigenvalue weighted by molar-refractivity contribution is 7.10. The van der Waals surface area contributed by atoms with Crippen LogP contribution >= 0.6 is 11.3 Å². The number of hydrogen-bond acceptors (Lipinski definition) is 7. The molecular weight excluding hydrogens is 458 g/mol. The van der Waals surface area contributed by atoms with Gasteiger partial charge in [-0.05, 0) is 29.1 Å². The number of amides is 2. The van der Waals surface area contributed by atoms with Gasteiger partial charge < -0.3 is 19.7 Å². The maximum Gasteiger partial charge on any atom is 0.271 e. The molecule has 0 saturated carbocycles. The monoisotopic (exact) mass is 481 g/mol. The van der Waals surface area contributed by atoms with Crippen molar-refractivity contribution in [2.24, 2.45) is 0 Å². The fraction of sp³-hybridized carbons (Fsp3) is 0.250. The number of methoxy groups -OCH3 is 2. The van der Waals surface area contributed by atoms with Crippen LogP contribution in [0.1, 0.15) is 32.8 Å². The second-order valence-corrected chi connectivity index (χ2v) is 8.63. The zero-order valence-corrected chi connectivity index (χ0v) is 19.4.